The summed E-state index contributed by atoms with van der Waals surface area (Å²) in [5.74, 6) is 3.92. The number of hydrogen-bond donors (Lipinski definition) is 0. The number of nitrogens with zero attached hydrogens (tertiary/aromatic N) is 2. The summed E-state index contributed by atoms with van der Waals surface area (Å²) in [5.41, 5.74) is -0.0972. The summed E-state index contributed by atoms with van der Waals surface area (Å²) in [5, 5.41) is 0. The number of rotatable bonds is 6. The van der Waals surface area contributed by atoms with Gasteiger partial charge in [-0.3, -0.25) is 9.59 Å². The van der Waals surface area contributed by atoms with Crippen molar-refractivity contribution in [2.75, 3.05) is 39.4 Å². The monoisotopic (exact) mass is 440 g/mol. The Morgan fingerprint density at radius 3 is 2.06 bits per heavy atom. The summed E-state index contributed by atoms with van der Waals surface area (Å²) in [4.78, 5) is 30.5. The van der Waals surface area contributed by atoms with Crippen LogP contribution in [0.1, 0.15) is 51.9 Å². The van der Waals surface area contributed by atoms with Crippen molar-refractivity contribution in [3.63, 3.8) is 0 Å². The molecule has 5 aliphatic rings. The highest BCUT2D eigenvalue weighted by Gasteiger charge is 2.55. The molecule has 1 saturated heterocycles. The predicted molar refractivity (Wildman–Crippen MR) is 121 cm³/mol. The van der Waals surface area contributed by atoms with Crippen LogP contribution in [0.4, 0.5) is 0 Å². The average Bonchev–Trinajstić information content (AvgIpc) is 3.03. The van der Waals surface area contributed by atoms with E-state index in [2.05, 4.69) is 4.90 Å². The Hall–Kier alpha value is -2.24. The maximum atomic E-state index is 13.7. The minimum Gasteiger partial charge on any atom is -0.490 e. The highest BCUT2D eigenvalue weighted by atomic mass is 16.5. The van der Waals surface area contributed by atoms with Gasteiger partial charge in [-0.15, -0.1) is 0 Å². The second-order valence-electron chi connectivity index (χ2n) is 10.4. The zero-order valence-electron chi connectivity index (χ0n) is 19.3. The van der Waals surface area contributed by atoms with Crippen LogP contribution >= 0.6 is 0 Å². The van der Waals surface area contributed by atoms with Gasteiger partial charge >= 0.3 is 0 Å². The van der Waals surface area contributed by atoms with Crippen LogP contribution in [0, 0.1) is 23.2 Å². The highest BCUT2D eigenvalue weighted by molar-refractivity contribution is 5.83. The van der Waals surface area contributed by atoms with Crippen molar-refractivity contribution in [2.45, 2.75) is 51.9 Å². The number of hydrogen-bond acceptors (Lipinski definition) is 4. The third-order valence-corrected chi connectivity index (χ3v) is 8.13. The van der Waals surface area contributed by atoms with Crippen molar-refractivity contribution in [2.24, 2.45) is 23.2 Å². The molecule has 0 radical (unpaired) electrons. The van der Waals surface area contributed by atoms with E-state index in [1.165, 1.54) is 19.3 Å². The van der Waals surface area contributed by atoms with Crippen LogP contribution in [0.25, 0.3) is 0 Å². The van der Waals surface area contributed by atoms with Crippen molar-refractivity contribution < 1.29 is 19.1 Å². The van der Waals surface area contributed by atoms with E-state index in [-0.39, 0.29) is 17.9 Å². The number of benzene rings is 1. The SMILES string of the molecule is CCOc1ccccc1OCC(=O)N1CCCN(C(=O)C23CC4CC(CC(C4)C2)C3)CC1. The molecule has 174 valence electrons. The van der Waals surface area contributed by atoms with Gasteiger partial charge in [0, 0.05) is 26.2 Å². The third kappa shape index (κ3) is 4.20. The number of carbonyl (C=O) groups is 2. The van der Waals surface area contributed by atoms with Crippen LogP contribution in [0.3, 0.4) is 0 Å². The summed E-state index contributed by atoms with van der Waals surface area (Å²) < 4.78 is 11.4. The first-order valence-corrected chi connectivity index (χ1v) is 12.5. The number of amides is 2. The molecular formula is C26H36N2O4. The summed E-state index contributed by atoms with van der Waals surface area (Å²) in [6.07, 6.45) is 8.18. The zero-order chi connectivity index (χ0) is 22.1. The van der Waals surface area contributed by atoms with E-state index in [1.54, 1.807) is 0 Å². The fourth-order valence-electron chi connectivity index (χ4n) is 7.15. The van der Waals surface area contributed by atoms with Gasteiger partial charge in [-0.05, 0) is 81.8 Å². The quantitative estimate of drug-likeness (QED) is 0.676. The molecule has 1 aliphatic heterocycles. The third-order valence-electron chi connectivity index (χ3n) is 8.13. The molecule has 0 aromatic heterocycles. The van der Waals surface area contributed by atoms with Crippen molar-refractivity contribution in [1.29, 1.82) is 0 Å². The Morgan fingerprint density at radius 1 is 0.875 bits per heavy atom. The molecule has 1 heterocycles. The number of ether oxygens (including phenoxy) is 2. The molecule has 2 amide bonds. The normalized spacial score (nSPS) is 31.3. The van der Waals surface area contributed by atoms with Gasteiger partial charge in [0.1, 0.15) is 0 Å². The number of carbonyl (C=O) groups excluding carboxylic acids is 2. The van der Waals surface area contributed by atoms with Gasteiger partial charge in [-0.2, -0.15) is 0 Å². The number of para-hydroxylation sites is 2. The van der Waals surface area contributed by atoms with Crippen LogP contribution in [0.5, 0.6) is 11.5 Å². The Labute approximate surface area is 191 Å². The Bertz CT molecular complexity index is 819. The minimum atomic E-state index is -0.0972. The summed E-state index contributed by atoms with van der Waals surface area (Å²) >= 11 is 0. The van der Waals surface area contributed by atoms with Gasteiger partial charge in [0.15, 0.2) is 18.1 Å². The van der Waals surface area contributed by atoms with Gasteiger partial charge in [0.25, 0.3) is 5.91 Å². The summed E-state index contributed by atoms with van der Waals surface area (Å²) in [6, 6.07) is 7.45. The predicted octanol–water partition coefficient (Wildman–Crippen LogP) is 3.74. The molecular weight excluding hydrogens is 404 g/mol. The van der Waals surface area contributed by atoms with Crippen molar-refractivity contribution in [3.8, 4) is 11.5 Å². The van der Waals surface area contributed by atoms with Crippen LogP contribution in [0.2, 0.25) is 0 Å². The molecule has 0 spiro atoms. The van der Waals surface area contributed by atoms with Gasteiger partial charge < -0.3 is 19.3 Å². The van der Waals surface area contributed by atoms with Crippen molar-refractivity contribution in [1.82, 2.24) is 9.80 Å². The van der Waals surface area contributed by atoms with Crippen molar-refractivity contribution >= 4 is 11.8 Å². The second kappa shape index (κ2) is 8.95. The molecule has 32 heavy (non-hydrogen) atoms. The molecule has 6 nitrogen and oxygen atoms in total. The molecule has 4 bridgehead atoms. The van der Waals surface area contributed by atoms with Crippen LogP contribution in [-0.4, -0.2) is 61.0 Å². The maximum Gasteiger partial charge on any atom is 0.260 e. The van der Waals surface area contributed by atoms with Crippen LogP contribution in [0.15, 0.2) is 24.3 Å². The van der Waals surface area contributed by atoms with E-state index >= 15 is 0 Å². The molecule has 0 atom stereocenters. The molecule has 4 aliphatic carbocycles. The van der Waals surface area contributed by atoms with Crippen LogP contribution in [-0.2, 0) is 9.59 Å². The first-order valence-electron chi connectivity index (χ1n) is 12.5. The van der Waals surface area contributed by atoms with Crippen LogP contribution < -0.4 is 9.47 Å². The topological polar surface area (TPSA) is 59.1 Å². The zero-order valence-corrected chi connectivity index (χ0v) is 19.3. The molecule has 0 N–H and O–H groups in total. The molecule has 6 heteroatoms. The Balaban J connectivity index is 1.17. The van der Waals surface area contributed by atoms with E-state index in [0.717, 1.165) is 50.0 Å². The molecule has 5 fully saturated rings. The van der Waals surface area contributed by atoms with Gasteiger partial charge in [-0.1, -0.05) is 12.1 Å². The smallest absolute Gasteiger partial charge is 0.260 e. The molecule has 4 saturated carbocycles. The lowest BCUT2D eigenvalue weighted by Crippen LogP contribution is -2.55. The standard InChI is InChI=1S/C26H36N2O4/c1-2-31-22-6-3-4-7-23(22)32-18-24(29)27-8-5-9-28(11-10-27)25(30)26-15-19-12-20(16-26)14-21(13-19)17-26/h3-4,6-7,19-21H,2,5,8-18H2,1H3. The summed E-state index contributed by atoms with van der Waals surface area (Å²) in [7, 11) is 0. The van der Waals surface area contributed by atoms with E-state index in [9.17, 15) is 9.59 Å². The fraction of sp³-hybridized carbons (Fsp3) is 0.692. The Kier molecular flexibility index (Phi) is 6.04. The van der Waals surface area contributed by atoms with Gasteiger partial charge in [-0.25, -0.2) is 0 Å². The minimum absolute atomic E-state index is 0.00693. The molecule has 6 rings (SSSR count). The molecule has 1 aromatic rings. The van der Waals surface area contributed by atoms with E-state index in [1.807, 2.05) is 36.1 Å². The maximum absolute atomic E-state index is 13.7. The molecule has 0 unspecified atom stereocenters. The van der Waals surface area contributed by atoms with Gasteiger partial charge in [0.2, 0.25) is 5.91 Å². The summed E-state index contributed by atoms with van der Waals surface area (Å²) in [6.45, 7) is 5.14. The Morgan fingerprint density at radius 2 is 1.44 bits per heavy atom. The second-order valence-corrected chi connectivity index (χ2v) is 10.4. The van der Waals surface area contributed by atoms with Crippen molar-refractivity contribution in [3.05, 3.63) is 24.3 Å². The lowest BCUT2D eigenvalue weighted by Gasteiger charge is -2.56. The van der Waals surface area contributed by atoms with E-state index < -0.39 is 0 Å². The average molecular weight is 441 g/mol. The van der Waals surface area contributed by atoms with E-state index in [0.29, 0.717) is 43.6 Å². The lowest BCUT2D eigenvalue weighted by molar-refractivity contribution is -0.157. The molecule has 1 aromatic carbocycles. The van der Waals surface area contributed by atoms with Gasteiger partial charge in [0.05, 0.1) is 12.0 Å². The fourth-order valence-corrected chi connectivity index (χ4v) is 7.15. The first kappa shape index (κ1) is 21.6. The highest BCUT2D eigenvalue weighted by Crippen LogP contribution is 2.60. The lowest BCUT2D eigenvalue weighted by atomic mass is 9.49. The largest absolute Gasteiger partial charge is 0.490 e. The van der Waals surface area contributed by atoms with E-state index in [4.69, 9.17) is 9.47 Å². The first-order chi connectivity index (χ1) is 15.6.